The van der Waals surface area contributed by atoms with Gasteiger partial charge in [0.15, 0.2) is 0 Å². The Kier molecular flexibility index (Phi) is 3.77. The second-order valence-corrected chi connectivity index (χ2v) is 3.85. The molecule has 1 N–H and O–H groups in total. The zero-order chi connectivity index (χ0) is 12.1. The van der Waals surface area contributed by atoms with Crippen LogP contribution in [-0.2, 0) is 6.42 Å². The molecule has 0 atom stereocenters. The van der Waals surface area contributed by atoms with Gasteiger partial charge in [-0.1, -0.05) is 6.07 Å². The summed E-state index contributed by atoms with van der Waals surface area (Å²) in [5.41, 5.74) is 2.61. The van der Waals surface area contributed by atoms with Gasteiger partial charge in [0.25, 0.3) is 0 Å². The molecule has 17 heavy (non-hydrogen) atoms. The number of aryl methyl sites for hydroxylation is 2. The number of hydrogen-bond donors (Lipinski definition) is 1. The van der Waals surface area contributed by atoms with E-state index in [-0.39, 0.29) is 6.61 Å². The van der Waals surface area contributed by atoms with E-state index >= 15 is 0 Å². The molecule has 4 nitrogen and oxygen atoms in total. The van der Waals surface area contributed by atoms with Crippen molar-refractivity contribution < 1.29 is 5.11 Å². The molecule has 2 rings (SSSR count). The third-order valence-electron chi connectivity index (χ3n) is 2.39. The first-order valence-corrected chi connectivity index (χ1v) is 5.66. The molecule has 0 saturated carbocycles. The summed E-state index contributed by atoms with van der Waals surface area (Å²) < 4.78 is 0. The van der Waals surface area contributed by atoms with E-state index in [2.05, 4.69) is 15.0 Å². The Morgan fingerprint density at radius 2 is 2.06 bits per heavy atom. The van der Waals surface area contributed by atoms with Gasteiger partial charge < -0.3 is 5.11 Å². The molecule has 2 heterocycles. The van der Waals surface area contributed by atoms with Crippen molar-refractivity contribution in [2.75, 3.05) is 6.61 Å². The summed E-state index contributed by atoms with van der Waals surface area (Å²) in [6.45, 7) is 2.10. The number of hydrogen-bond acceptors (Lipinski definition) is 4. The van der Waals surface area contributed by atoms with Gasteiger partial charge in [0.2, 0.25) is 0 Å². The van der Waals surface area contributed by atoms with E-state index in [4.69, 9.17) is 5.11 Å². The van der Waals surface area contributed by atoms with Crippen molar-refractivity contribution in [2.45, 2.75) is 19.8 Å². The summed E-state index contributed by atoms with van der Waals surface area (Å²) in [5, 5.41) is 8.82. The molecule has 0 radical (unpaired) electrons. The monoisotopic (exact) mass is 229 g/mol. The topological polar surface area (TPSA) is 58.9 Å². The quantitative estimate of drug-likeness (QED) is 0.868. The Morgan fingerprint density at radius 1 is 1.18 bits per heavy atom. The minimum absolute atomic E-state index is 0.163. The van der Waals surface area contributed by atoms with Crippen molar-refractivity contribution in [2.24, 2.45) is 0 Å². The average Bonchev–Trinajstić information content (AvgIpc) is 2.37. The molecule has 2 aromatic rings. The van der Waals surface area contributed by atoms with Crippen LogP contribution in [0.25, 0.3) is 11.4 Å². The molecule has 0 bridgehead atoms. The van der Waals surface area contributed by atoms with Crippen molar-refractivity contribution in [3.8, 4) is 11.4 Å². The summed E-state index contributed by atoms with van der Waals surface area (Å²) in [6, 6.07) is 7.67. The minimum atomic E-state index is 0.163. The van der Waals surface area contributed by atoms with E-state index in [9.17, 15) is 0 Å². The van der Waals surface area contributed by atoms with Crippen molar-refractivity contribution in [1.82, 2.24) is 15.0 Å². The van der Waals surface area contributed by atoms with Crippen LogP contribution in [0.5, 0.6) is 0 Å². The van der Waals surface area contributed by atoms with E-state index in [1.165, 1.54) is 0 Å². The maximum Gasteiger partial charge on any atom is 0.129 e. The Morgan fingerprint density at radius 3 is 2.76 bits per heavy atom. The highest BCUT2D eigenvalue weighted by atomic mass is 16.2. The fraction of sp³-hybridized carbons (Fsp3) is 0.308. The molecule has 2 aromatic heterocycles. The van der Waals surface area contributed by atoms with E-state index in [0.29, 0.717) is 12.8 Å². The average molecular weight is 229 g/mol. The van der Waals surface area contributed by atoms with Crippen LogP contribution in [0.15, 0.2) is 30.5 Å². The summed E-state index contributed by atoms with van der Waals surface area (Å²) in [4.78, 5) is 13.1. The van der Waals surface area contributed by atoms with Crippen LogP contribution in [-0.4, -0.2) is 26.7 Å². The number of nitrogens with zero attached hydrogens (tertiary/aromatic N) is 3. The van der Waals surface area contributed by atoms with Gasteiger partial charge in [0.05, 0.1) is 11.4 Å². The summed E-state index contributed by atoms with van der Waals surface area (Å²) in [6.07, 6.45) is 3.13. The van der Waals surface area contributed by atoms with Crippen LogP contribution < -0.4 is 0 Å². The molecule has 0 saturated heterocycles. The van der Waals surface area contributed by atoms with Crippen LogP contribution in [0.3, 0.4) is 0 Å². The Balaban J connectivity index is 2.32. The lowest BCUT2D eigenvalue weighted by Gasteiger charge is -2.04. The predicted octanol–water partition coefficient (Wildman–Crippen LogP) is 1.77. The molecule has 0 unspecified atom stereocenters. The van der Waals surface area contributed by atoms with Gasteiger partial charge in [-0.05, 0) is 31.5 Å². The second kappa shape index (κ2) is 5.50. The maximum absolute atomic E-state index is 8.82. The second-order valence-electron chi connectivity index (χ2n) is 3.85. The molecular weight excluding hydrogens is 214 g/mol. The molecule has 0 fully saturated rings. The van der Waals surface area contributed by atoms with Crippen molar-refractivity contribution in [1.29, 1.82) is 0 Å². The highest BCUT2D eigenvalue weighted by Crippen LogP contribution is 2.14. The first kappa shape index (κ1) is 11.7. The van der Waals surface area contributed by atoms with Crippen LogP contribution in [0.2, 0.25) is 0 Å². The first-order valence-electron chi connectivity index (χ1n) is 5.66. The van der Waals surface area contributed by atoms with Crippen LogP contribution in [0.1, 0.15) is 17.9 Å². The smallest absolute Gasteiger partial charge is 0.129 e. The Hall–Kier alpha value is -1.81. The van der Waals surface area contributed by atoms with Gasteiger partial charge in [-0.3, -0.25) is 4.98 Å². The normalized spacial score (nSPS) is 10.5. The molecule has 0 aliphatic heterocycles. The van der Waals surface area contributed by atoms with Gasteiger partial charge in [0, 0.05) is 24.9 Å². The van der Waals surface area contributed by atoms with Gasteiger partial charge in [-0.2, -0.15) is 0 Å². The van der Waals surface area contributed by atoms with Crippen molar-refractivity contribution >= 4 is 0 Å². The lowest BCUT2D eigenvalue weighted by Crippen LogP contribution is -2.01. The number of aliphatic hydroxyl groups is 1. The number of aromatic nitrogens is 3. The van der Waals surface area contributed by atoms with Crippen molar-refractivity contribution in [3.63, 3.8) is 0 Å². The SMILES string of the molecule is Cc1cc(-c2ccccn2)nc(CCCO)n1. The third kappa shape index (κ3) is 3.07. The van der Waals surface area contributed by atoms with E-state index in [1.54, 1.807) is 6.20 Å². The molecule has 4 heteroatoms. The van der Waals surface area contributed by atoms with E-state index < -0.39 is 0 Å². The third-order valence-corrected chi connectivity index (χ3v) is 2.39. The molecule has 0 amide bonds. The van der Waals surface area contributed by atoms with Crippen LogP contribution >= 0.6 is 0 Å². The largest absolute Gasteiger partial charge is 0.396 e. The standard InChI is InChI=1S/C13H15N3O/c1-10-9-12(11-5-2-3-7-14-11)16-13(15-10)6-4-8-17/h2-3,5,7,9,17H,4,6,8H2,1H3. The maximum atomic E-state index is 8.82. The highest BCUT2D eigenvalue weighted by molar-refractivity contribution is 5.53. The zero-order valence-electron chi connectivity index (χ0n) is 9.80. The van der Waals surface area contributed by atoms with Gasteiger partial charge in [0.1, 0.15) is 5.82 Å². The van der Waals surface area contributed by atoms with Crippen LogP contribution in [0, 0.1) is 6.92 Å². The van der Waals surface area contributed by atoms with E-state index in [1.807, 2.05) is 31.2 Å². The predicted molar refractivity (Wildman–Crippen MR) is 65.4 cm³/mol. The van der Waals surface area contributed by atoms with E-state index in [0.717, 1.165) is 22.9 Å². The fourth-order valence-corrected chi connectivity index (χ4v) is 1.62. The molecule has 0 aromatic carbocycles. The summed E-state index contributed by atoms with van der Waals surface area (Å²) in [7, 11) is 0. The summed E-state index contributed by atoms with van der Waals surface area (Å²) >= 11 is 0. The van der Waals surface area contributed by atoms with Crippen LogP contribution in [0.4, 0.5) is 0 Å². The highest BCUT2D eigenvalue weighted by Gasteiger charge is 2.05. The lowest BCUT2D eigenvalue weighted by atomic mass is 10.2. The Labute approximate surface area is 100 Å². The molecule has 0 aliphatic carbocycles. The minimum Gasteiger partial charge on any atom is -0.396 e. The lowest BCUT2D eigenvalue weighted by molar-refractivity contribution is 0.287. The van der Waals surface area contributed by atoms with Gasteiger partial charge in [-0.15, -0.1) is 0 Å². The molecule has 0 spiro atoms. The Bertz CT molecular complexity index is 485. The summed E-state index contributed by atoms with van der Waals surface area (Å²) in [5.74, 6) is 0.764. The zero-order valence-corrected chi connectivity index (χ0v) is 9.80. The first-order chi connectivity index (χ1) is 8.29. The van der Waals surface area contributed by atoms with Gasteiger partial charge in [-0.25, -0.2) is 9.97 Å². The van der Waals surface area contributed by atoms with Gasteiger partial charge >= 0.3 is 0 Å². The molecular formula is C13H15N3O. The molecule has 0 aliphatic rings. The molecule has 88 valence electrons. The number of rotatable bonds is 4. The number of aliphatic hydroxyl groups excluding tert-OH is 1. The fourth-order valence-electron chi connectivity index (χ4n) is 1.62. The number of pyridine rings is 1. The van der Waals surface area contributed by atoms with Crippen molar-refractivity contribution in [3.05, 3.63) is 42.0 Å².